The van der Waals surface area contributed by atoms with Crippen molar-refractivity contribution in [2.75, 3.05) is 19.7 Å². The average molecular weight is 392 g/mol. The summed E-state index contributed by atoms with van der Waals surface area (Å²) in [4.78, 5) is 12.6. The summed E-state index contributed by atoms with van der Waals surface area (Å²) in [6, 6.07) is 9.92. The largest absolute Gasteiger partial charge is 0.494 e. The molecule has 7 nitrogen and oxygen atoms in total. The summed E-state index contributed by atoms with van der Waals surface area (Å²) in [5, 5.41) is 2.82. The minimum absolute atomic E-state index is 0.155. The van der Waals surface area contributed by atoms with E-state index in [4.69, 9.17) is 9.15 Å². The van der Waals surface area contributed by atoms with E-state index >= 15 is 0 Å². The van der Waals surface area contributed by atoms with Crippen LogP contribution in [0.1, 0.15) is 25.5 Å². The first kappa shape index (κ1) is 19.4. The molecule has 1 aliphatic heterocycles. The van der Waals surface area contributed by atoms with Crippen molar-refractivity contribution in [1.29, 1.82) is 0 Å². The Labute approximate surface area is 159 Å². The fourth-order valence-electron chi connectivity index (χ4n) is 3.13. The Morgan fingerprint density at radius 2 is 2.07 bits per heavy atom. The van der Waals surface area contributed by atoms with Gasteiger partial charge in [-0.15, -0.1) is 0 Å². The van der Waals surface area contributed by atoms with Crippen molar-refractivity contribution < 1.29 is 22.4 Å². The molecule has 0 saturated carbocycles. The summed E-state index contributed by atoms with van der Waals surface area (Å²) < 4.78 is 37.8. The van der Waals surface area contributed by atoms with Crippen LogP contribution in [-0.2, 0) is 21.4 Å². The predicted octanol–water partition coefficient (Wildman–Crippen LogP) is 2.40. The number of benzene rings is 1. The number of rotatable bonds is 7. The molecule has 1 atom stereocenters. The van der Waals surface area contributed by atoms with Gasteiger partial charge in [0.15, 0.2) is 0 Å². The maximum absolute atomic E-state index is 12.9. The van der Waals surface area contributed by atoms with E-state index < -0.39 is 10.0 Å². The van der Waals surface area contributed by atoms with Crippen molar-refractivity contribution in [3.63, 3.8) is 0 Å². The van der Waals surface area contributed by atoms with E-state index in [9.17, 15) is 13.2 Å². The zero-order valence-electron chi connectivity index (χ0n) is 15.3. The molecule has 146 valence electrons. The van der Waals surface area contributed by atoms with Crippen molar-refractivity contribution in [3.8, 4) is 5.75 Å². The molecule has 3 rings (SSSR count). The van der Waals surface area contributed by atoms with Crippen molar-refractivity contribution in [2.24, 2.45) is 5.92 Å². The highest BCUT2D eigenvalue weighted by atomic mass is 32.2. The van der Waals surface area contributed by atoms with Crippen LogP contribution < -0.4 is 10.1 Å². The summed E-state index contributed by atoms with van der Waals surface area (Å²) in [7, 11) is -3.64. The molecule has 0 bridgehead atoms. The molecular formula is C19H24N2O5S. The lowest BCUT2D eigenvalue weighted by Gasteiger charge is -2.31. The molecule has 1 aromatic heterocycles. The molecule has 0 spiro atoms. The van der Waals surface area contributed by atoms with Gasteiger partial charge in [0, 0.05) is 13.1 Å². The first-order chi connectivity index (χ1) is 13.0. The van der Waals surface area contributed by atoms with E-state index in [1.165, 1.54) is 4.31 Å². The van der Waals surface area contributed by atoms with E-state index in [1.54, 1.807) is 42.7 Å². The number of carbonyl (C=O) groups is 1. The van der Waals surface area contributed by atoms with Crippen molar-refractivity contribution >= 4 is 15.9 Å². The number of amides is 1. The number of carbonyl (C=O) groups excluding carboxylic acids is 1. The summed E-state index contributed by atoms with van der Waals surface area (Å²) in [5.41, 5.74) is 0. The van der Waals surface area contributed by atoms with E-state index in [0.29, 0.717) is 44.0 Å². The summed E-state index contributed by atoms with van der Waals surface area (Å²) in [6.45, 7) is 3.29. The molecule has 0 unspecified atom stereocenters. The van der Waals surface area contributed by atoms with Gasteiger partial charge in [-0.05, 0) is 56.2 Å². The third-order valence-electron chi connectivity index (χ3n) is 4.54. The number of ether oxygens (including phenoxy) is 1. The summed E-state index contributed by atoms with van der Waals surface area (Å²) >= 11 is 0. The first-order valence-corrected chi connectivity index (χ1v) is 10.5. The smallest absolute Gasteiger partial charge is 0.243 e. The number of hydrogen-bond acceptors (Lipinski definition) is 5. The molecule has 0 aliphatic carbocycles. The van der Waals surface area contributed by atoms with Crippen molar-refractivity contribution in [2.45, 2.75) is 31.2 Å². The lowest BCUT2D eigenvalue weighted by Crippen LogP contribution is -2.45. The Morgan fingerprint density at radius 1 is 1.30 bits per heavy atom. The molecule has 0 radical (unpaired) electrons. The number of nitrogens with one attached hydrogen (secondary N) is 1. The second-order valence-corrected chi connectivity index (χ2v) is 8.34. The second kappa shape index (κ2) is 8.58. The van der Waals surface area contributed by atoms with E-state index in [1.807, 2.05) is 6.92 Å². The zero-order valence-corrected chi connectivity index (χ0v) is 16.1. The van der Waals surface area contributed by atoms with E-state index in [2.05, 4.69) is 5.32 Å². The minimum Gasteiger partial charge on any atom is -0.494 e. The van der Waals surface area contributed by atoms with Gasteiger partial charge in [-0.2, -0.15) is 4.31 Å². The molecule has 2 heterocycles. The Hall–Kier alpha value is -2.32. The predicted molar refractivity (Wildman–Crippen MR) is 99.6 cm³/mol. The van der Waals surface area contributed by atoms with Crippen LogP contribution in [0.3, 0.4) is 0 Å². The summed E-state index contributed by atoms with van der Waals surface area (Å²) in [5.74, 6) is 0.771. The molecule has 27 heavy (non-hydrogen) atoms. The lowest BCUT2D eigenvalue weighted by atomic mass is 9.99. The average Bonchev–Trinajstić information content (AvgIpc) is 3.20. The Bertz CT molecular complexity index is 847. The first-order valence-electron chi connectivity index (χ1n) is 9.04. The molecule has 1 N–H and O–H groups in total. The van der Waals surface area contributed by atoms with Crippen LogP contribution in [0.25, 0.3) is 0 Å². The SMILES string of the molecule is CCOc1ccc(S(=O)(=O)N2CCC[C@H](C(=O)NCc3ccco3)C2)cc1. The van der Waals surface area contributed by atoms with Crippen molar-refractivity contribution in [1.82, 2.24) is 9.62 Å². The van der Waals surface area contributed by atoms with Crippen LogP contribution >= 0.6 is 0 Å². The Morgan fingerprint density at radius 3 is 2.74 bits per heavy atom. The zero-order chi connectivity index (χ0) is 19.3. The van der Waals surface area contributed by atoms with Crippen LogP contribution in [0.15, 0.2) is 52.0 Å². The second-order valence-electron chi connectivity index (χ2n) is 6.40. The Kier molecular flexibility index (Phi) is 6.18. The number of furan rings is 1. The fourth-order valence-corrected chi connectivity index (χ4v) is 4.65. The lowest BCUT2D eigenvalue weighted by molar-refractivity contribution is -0.126. The summed E-state index contributed by atoms with van der Waals surface area (Å²) in [6.07, 6.45) is 2.86. The molecule has 1 saturated heterocycles. The molecular weight excluding hydrogens is 368 g/mol. The Balaban J connectivity index is 1.64. The van der Waals surface area contributed by atoms with Gasteiger partial charge in [0.2, 0.25) is 15.9 Å². The standard InChI is InChI=1S/C19H24N2O5S/c1-2-25-16-7-9-18(10-8-16)27(23,24)21-11-3-5-15(14-21)19(22)20-13-17-6-4-12-26-17/h4,6-10,12,15H,2-3,5,11,13-14H2,1H3,(H,20,22)/t15-/m0/s1. The van der Waals surface area contributed by atoms with Crippen LogP contribution in [-0.4, -0.2) is 38.3 Å². The molecule has 1 fully saturated rings. The highest BCUT2D eigenvalue weighted by Crippen LogP contribution is 2.25. The number of hydrogen-bond donors (Lipinski definition) is 1. The minimum atomic E-state index is -3.64. The van der Waals surface area contributed by atoms with Gasteiger partial charge in [-0.25, -0.2) is 8.42 Å². The van der Waals surface area contributed by atoms with Gasteiger partial charge < -0.3 is 14.5 Å². The van der Waals surface area contributed by atoms with Gasteiger partial charge in [-0.1, -0.05) is 0 Å². The van der Waals surface area contributed by atoms with Crippen LogP contribution in [0.5, 0.6) is 5.75 Å². The van der Waals surface area contributed by atoms with Crippen LogP contribution in [0.2, 0.25) is 0 Å². The maximum atomic E-state index is 12.9. The van der Waals surface area contributed by atoms with Crippen molar-refractivity contribution in [3.05, 3.63) is 48.4 Å². The number of piperidine rings is 1. The van der Waals surface area contributed by atoms with Crippen LogP contribution in [0.4, 0.5) is 0 Å². The molecule has 8 heteroatoms. The molecule has 1 aromatic carbocycles. The topological polar surface area (TPSA) is 88.9 Å². The van der Waals surface area contributed by atoms with Crippen LogP contribution in [0, 0.1) is 5.92 Å². The molecule has 1 aliphatic rings. The molecule has 2 aromatic rings. The van der Waals surface area contributed by atoms with Gasteiger partial charge in [0.05, 0.1) is 30.2 Å². The highest BCUT2D eigenvalue weighted by molar-refractivity contribution is 7.89. The molecule has 1 amide bonds. The number of sulfonamides is 1. The van der Waals surface area contributed by atoms with E-state index in [0.717, 1.165) is 0 Å². The normalized spacial score (nSPS) is 18.2. The third-order valence-corrected chi connectivity index (χ3v) is 6.42. The number of nitrogens with zero attached hydrogens (tertiary/aromatic N) is 1. The maximum Gasteiger partial charge on any atom is 0.243 e. The van der Waals surface area contributed by atoms with Gasteiger partial charge in [0.1, 0.15) is 11.5 Å². The van der Waals surface area contributed by atoms with Gasteiger partial charge in [-0.3, -0.25) is 4.79 Å². The monoisotopic (exact) mass is 392 g/mol. The van der Waals surface area contributed by atoms with Gasteiger partial charge in [0.25, 0.3) is 0 Å². The third kappa shape index (κ3) is 4.70. The highest BCUT2D eigenvalue weighted by Gasteiger charge is 2.33. The quantitative estimate of drug-likeness (QED) is 0.782. The fraction of sp³-hybridized carbons (Fsp3) is 0.421. The van der Waals surface area contributed by atoms with Gasteiger partial charge >= 0.3 is 0 Å². The van der Waals surface area contributed by atoms with E-state index in [-0.39, 0.29) is 23.3 Å².